The molecule has 0 aromatic carbocycles. The second kappa shape index (κ2) is 5.81. The third-order valence-electron chi connectivity index (χ3n) is 4.64. The molecule has 6 heteroatoms. The summed E-state index contributed by atoms with van der Waals surface area (Å²) in [6.45, 7) is 5.13. The van der Waals surface area contributed by atoms with Gasteiger partial charge in [-0.05, 0) is 26.2 Å². The Morgan fingerprint density at radius 1 is 1.05 bits per heavy atom. The van der Waals surface area contributed by atoms with Crippen molar-refractivity contribution in [2.24, 2.45) is 11.8 Å². The van der Waals surface area contributed by atoms with Crippen LogP contribution in [0.25, 0.3) is 0 Å². The highest BCUT2D eigenvalue weighted by atomic mass is 16.4. The zero-order valence-electron chi connectivity index (χ0n) is 12.0. The van der Waals surface area contributed by atoms with Crippen molar-refractivity contribution in [2.75, 3.05) is 19.6 Å². The van der Waals surface area contributed by atoms with E-state index in [9.17, 15) is 14.4 Å². The summed E-state index contributed by atoms with van der Waals surface area (Å²) in [6.07, 6.45) is 1.90. The maximum absolute atomic E-state index is 12.5. The van der Waals surface area contributed by atoms with Gasteiger partial charge in [-0.3, -0.25) is 14.4 Å². The Morgan fingerprint density at radius 3 is 2.10 bits per heavy atom. The van der Waals surface area contributed by atoms with E-state index in [-0.39, 0.29) is 23.8 Å². The molecule has 2 unspecified atom stereocenters. The van der Waals surface area contributed by atoms with E-state index < -0.39 is 11.9 Å². The van der Waals surface area contributed by atoms with Crippen LogP contribution in [0.2, 0.25) is 0 Å². The molecule has 0 radical (unpaired) electrons. The minimum absolute atomic E-state index is 0.0522. The van der Waals surface area contributed by atoms with Crippen LogP contribution in [0.4, 0.5) is 0 Å². The van der Waals surface area contributed by atoms with Gasteiger partial charge in [0.1, 0.15) is 0 Å². The average Bonchev–Trinajstić information content (AvgIpc) is 2.80. The largest absolute Gasteiger partial charge is 0.481 e. The molecule has 2 atom stereocenters. The van der Waals surface area contributed by atoms with Crippen LogP contribution in [-0.2, 0) is 14.4 Å². The first kappa shape index (κ1) is 14.8. The molecule has 1 N–H and O–H groups in total. The van der Waals surface area contributed by atoms with E-state index in [4.69, 9.17) is 5.11 Å². The molecule has 20 heavy (non-hydrogen) atoms. The molecule has 0 aliphatic carbocycles. The molecule has 2 rings (SSSR count). The monoisotopic (exact) mass is 282 g/mol. The number of likely N-dealkylation sites (tertiary alicyclic amines) is 2. The van der Waals surface area contributed by atoms with E-state index in [2.05, 4.69) is 0 Å². The number of hydrogen-bond acceptors (Lipinski definition) is 3. The normalized spacial score (nSPS) is 27.7. The summed E-state index contributed by atoms with van der Waals surface area (Å²) in [5.41, 5.74) is 0. The van der Waals surface area contributed by atoms with Crippen LogP contribution in [0.15, 0.2) is 0 Å². The Labute approximate surface area is 118 Å². The second-order valence-electron chi connectivity index (χ2n) is 5.79. The predicted octanol–water partition coefficient (Wildman–Crippen LogP) is 0.566. The van der Waals surface area contributed by atoms with Crippen molar-refractivity contribution in [1.29, 1.82) is 0 Å². The van der Waals surface area contributed by atoms with E-state index in [1.165, 1.54) is 0 Å². The van der Waals surface area contributed by atoms with Gasteiger partial charge < -0.3 is 14.9 Å². The van der Waals surface area contributed by atoms with Crippen LogP contribution in [0.1, 0.15) is 33.1 Å². The fourth-order valence-electron chi connectivity index (χ4n) is 3.26. The second-order valence-corrected chi connectivity index (χ2v) is 5.79. The van der Waals surface area contributed by atoms with Crippen LogP contribution in [0.3, 0.4) is 0 Å². The molecule has 0 spiro atoms. The van der Waals surface area contributed by atoms with Gasteiger partial charge in [-0.15, -0.1) is 0 Å². The fraction of sp³-hybridized carbons (Fsp3) is 0.786. The summed E-state index contributed by atoms with van der Waals surface area (Å²) in [5.74, 6) is -1.23. The first-order chi connectivity index (χ1) is 9.41. The van der Waals surface area contributed by atoms with Crippen LogP contribution >= 0.6 is 0 Å². The van der Waals surface area contributed by atoms with Gasteiger partial charge >= 0.3 is 5.97 Å². The average molecular weight is 282 g/mol. The third-order valence-corrected chi connectivity index (χ3v) is 4.64. The number of nitrogens with zero attached hydrogens (tertiary/aromatic N) is 2. The number of carbonyl (C=O) groups is 3. The summed E-state index contributed by atoms with van der Waals surface area (Å²) in [7, 11) is 0. The van der Waals surface area contributed by atoms with Gasteiger partial charge in [0.2, 0.25) is 11.8 Å². The Balaban J connectivity index is 1.93. The van der Waals surface area contributed by atoms with Gasteiger partial charge in [0.25, 0.3) is 0 Å². The Bertz CT molecular complexity index is 415. The number of rotatable bonds is 2. The zero-order chi connectivity index (χ0) is 14.9. The van der Waals surface area contributed by atoms with Crippen LogP contribution in [-0.4, -0.2) is 58.4 Å². The molecule has 2 amide bonds. The fourth-order valence-corrected chi connectivity index (χ4v) is 3.26. The van der Waals surface area contributed by atoms with E-state index in [0.717, 1.165) is 0 Å². The molecule has 6 nitrogen and oxygen atoms in total. The molecule has 0 aromatic rings. The molecule has 2 heterocycles. The van der Waals surface area contributed by atoms with Crippen LogP contribution < -0.4 is 0 Å². The molecule has 2 aliphatic rings. The maximum atomic E-state index is 12.5. The van der Waals surface area contributed by atoms with E-state index in [1.54, 1.807) is 16.7 Å². The highest BCUT2D eigenvalue weighted by molar-refractivity contribution is 5.82. The first-order valence-electron chi connectivity index (χ1n) is 7.20. The van der Waals surface area contributed by atoms with Gasteiger partial charge in [-0.2, -0.15) is 0 Å². The van der Waals surface area contributed by atoms with Crippen LogP contribution in [0.5, 0.6) is 0 Å². The van der Waals surface area contributed by atoms with Gasteiger partial charge in [0.05, 0.1) is 5.92 Å². The minimum atomic E-state index is -0.820. The molecule has 0 aromatic heterocycles. The lowest BCUT2D eigenvalue weighted by Crippen LogP contribution is -2.45. The highest BCUT2D eigenvalue weighted by Gasteiger charge is 2.40. The van der Waals surface area contributed by atoms with Gasteiger partial charge in [0.15, 0.2) is 0 Å². The lowest BCUT2D eigenvalue weighted by Gasteiger charge is -2.34. The summed E-state index contributed by atoms with van der Waals surface area (Å²) in [6, 6.07) is -0.231. The third kappa shape index (κ3) is 2.78. The highest BCUT2D eigenvalue weighted by Crippen LogP contribution is 2.28. The summed E-state index contributed by atoms with van der Waals surface area (Å²) in [5, 5.41) is 9.11. The van der Waals surface area contributed by atoms with Crippen molar-refractivity contribution >= 4 is 17.8 Å². The van der Waals surface area contributed by atoms with Crippen molar-refractivity contribution in [3.63, 3.8) is 0 Å². The first-order valence-corrected chi connectivity index (χ1v) is 7.20. The van der Waals surface area contributed by atoms with E-state index in [0.29, 0.717) is 38.9 Å². The molecule has 2 fully saturated rings. The topological polar surface area (TPSA) is 77.9 Å². The Morgan fingerprint density at radius 2 is 1.65 bits per heavy atom. The summed E-state index contributed by atoms with van der Waals surface area (Å²) in [4.78, 5) is 38.3. The molecule has 112 valence electrons. The van der Waals surface area contributed by atoms with E-state index in [1.807, 2.05) is 6.92 Å². The number of hydrogen-bond donors (Lipinski definition) is 1. The van der Waals surface area contributed by atoms with Crippen LogP contribution in [0, 0.1) is 11.8 Å². The quantitative estimate of drug-likeness (QED) is 0.803. The van der Waals surface area contributed by atoms with Gasteiger partial charge in [0, 0.05) is 38.5 Å². The smallest absolute Gasteiger partial charge is 0.308 e. The SMILES string of the molecule is CC(=O)N1CCC(C(=O)N2CCC(C(=O)O)C2C)CC1. The molecular formula is C14H22N2O4. The van der Waals surface area contributed by atoms with Crippen molar-refractivity contribution < 1.29 is 19.5 Å². The summed E-state index contributed by atoms with van der Waals surface area (Å²) < 4.78 is 0. The van der Waals surface area contributed by atoms with Crippen molar-refractivity contribution in [3.8, 4) is 0 Å². The Hall–Kier alpha value is -1.59. The van der Waals surface area contributed by atoms with Crippen molar-refractivity contribution in [3.05, 3.63) is 0 Å². The number of aliphatic carboxylic acids is 1. The van der Waals surface area contributed by atoms with Crippen molar-refractivity contribution in [2.45, 2.75) is 39.2 Å². The lowest BCUT2D eigenvalue weighted by molar-refractivity contribution is -0.145. The maximum Gasteiger partial charge on any atom is 0.308 e. The molecule has 2 aliphatic heterocycles. The predicted molar refractivity (Wildman–Crippen MR) is 71.9 cm³/mol. The van der Waals surface area contributed by atoms with E-state index >= 15 is 0 Å². The number of carbonyl (C=O) groups excluding carboxylic acids is 2. The number of piperidine rings is 1. The van der Waals surface area contributed by atoms with Gasteiger partial charge in [-0.25, -0.2) is 0 Å². The number of carboxylic acids is 1. The standard InChI is InChI=1S/C14H22N2O4/c1-9-12(14(19)20)5-8-16(9)13(18)11-3-6-15(7-4-11)10(2)17/h9,11-12H,3-8H2,1-2H3,(H,19,20). The van der Waals surface area contributed by atoms with Crippen molar-refractivity contribution in [1.82, 2.24) is 9.80 Å². The molecule has 0 saturated carbocycles. The van der Waals surface area contributed by atoms with Gasteiger partial charge in [-0.1, -0.05) is 0 Å². The number of carboxylic acid groups (broad SMARTS) is 1. The lowest BCUT2D eigenvalue weighted by atomic mass is 9.94. The Kier molecular flexibility index (Phi) is 4.30. The molecule has 0 bridgehead atoms. The molecule has 2 saturated heterocycles. The zero-order valence-corrected chi connectivity index (χ0v) is 12.0. The summed E-state index contributed by atoms with van der Waals surface area (Å²) >= 11 is 0. The number of amides is 2. The minimum Gasteiger partial charge on any atom is -0.481 e. The molecular weight excluding hydrogens is 260 g/mol.